The van der Waals surface area contributed by atoms with Crippen LogP contribution < -0.4 is 0 Å². The quantitative estimate of drug-likeness (QED) is 0.168. The Bertz CT molecular complexity index is 1190. The standard InChI is InChI=1S/C33H34O4S/c34-31(26-35-23-27-13-5-1-6-14-27)33(37-25-29-17-9-3-10-18-29)32(36-24-28-15-7-2-8-16-28)21-22-38-30-19-11-4-12-20-30/h1-22,31-34H,23-26H2/b22-21-/t31-,32-,33+/m1/s1. The first kappa shape index (κ1) is 27.8. The molecule has 4 aromatic carbocycles. The summed E-state index contributed by atoms with van der Waals surface area (Å²) in [5.41, 5.74) is 3.13. The van der Waals surface area contributed by atoms with Gasteiger partial charge in [-0.25, -0.2) is 0 Å². The molecular formula is C33H34O4S. The van der Waals surface area contributed by atoms with Crippen LogP contribution in [-0.4, -0.2) is 30.0 Å². The van der Waals surface area contributed by atoms with E-state index in [4.69, 9.17) is 14.2 Å². The second kappa shape index (κ2) is 15.9. The highest BCUT2D eigenvalue weighted by Gasteiger charge is 2.29. The summed E-state index contributed by atoms with van der Waals surface area (Å²) in [6.07, 6.45) is -0.0567. The Labute approximate surface area is 229 Å². The minimum Gasteiger partial charge on any atom is -0.388 e. The molecule has 0 radical (unpaired) electrons. The summed E-state index contributed by atoms with van der Waals surface area (Å²) in [5.74, 6) is 0. The predicted molar refractivity (Wildman–Crippen MR) is 154 cm³/mol. The number of benzene rings is 4. The van der Waals surface area contributed by atoms with Gasteiger partial charge in [0.05, 0.1) is 26.4 Å². The molecule has 0 aliphatic rings. The molecule has 0 amide bonds. The Balaban J connectivity index is 1.49. The molecule has 0 aliphatic carbocycles. The molecule has 1 N–H and O–H groups in total. The van der Waals surface area contributed by atoms with Gasteiger partial charge in [-0.2, -0.15) is 0 Å². The van der Waals surface area contributed by atoms with Crippen LogP contribution in [0.1, 0.15) is 16.7 Å². The average molecular weight is 527 g/mol. The van der Waals surface area contributed by atoms with Gasteiger partial charge in [-0.1, -0.05) is 121 Å². The Morgan fingerprint density at radius 2 is 1.08 bits per heavy atom. The normalized spacial score (nSPS) is 13.8. The van der Waals surface area contributed by atoms with Crippen molar-refractivity contribution in [3.05, 3.63) is 150 Å². The molecule has 0 spiro atoms. The summed E-state index contributed by atoms with van der Waals surface area (Å²) in [6, 6.07) is 40.0. The topological polar surface area (TPSA) is 47.9 Å². The van der Waals surface area contributed by atoms with Crippen LogP contribution >= 0.6 is 11.8 Å². The van der Waals surface area contributed by atoms with E-state index in [2.05, 4.69) is 12.1 Å². The molecule has 38 heavy (non-hydrogen) atoms. The first-order valence-electron chi connectivity index (χ1n) is 12.8. The average Bonchev–Trinajstić information content (AvgIpc) is 2.98. The second-order valence-corrected chi connectivity index (χ2v) is 9.83. The van der Waals surface area contributed by atoms with E-state index in [1.165, 1.54) is 0 Å². The van der Waals surface area contributed by atoms with Crippen molar-refractivity contribution in [1.29, 1.82) is 0 Å². The predicted octanol–water partition coefficient (Wildman–Crippen LogP) is 7.04. The molecule has 4 aromatic rings. The van der Waals surface area contributed by atoms with Crippen molar-refractivity contribution in [2.24, 2.45) is 0 Å². The SMILES string of the molecule is O[C@H](COCc1ccccc1)[C@H](OCc1ccccc1)[C@@H](/C=C\Sc1ccccc1)OCc1ccccc1. The highest BCUT2D eigenvalue weighted by Crippen LogP contribution is 2.22. The summed E-state index contributed by atoms with van der Waals surface area (Å²) in [5, 5.41) is 13.3. The maximum atomic E-state index is 11.3. The smallest absolute Gasteiger partial charge is 0.116 e. The van der Waals surface area contributed by atoms with Crippen molar-refractivity contribution in [3.63, 3.8) is 0 Å². The third-order valence-electron chi connectivity index (χ3n) is 5.89. The monoisotopic (exact) mass is 526 g/mol. The third-order valence-corrected chi connectivity index (χ3v) is 6.73. The van der Waals surface area contributed by atoms with E-state index in [9.17, 15) is 5.11 Å². The number of aliphatic hydroxyl groups is 1. The van der Waals surface area contributed by atoms with Crippen molar-refractivity contribution in [3.8, 4) is 0 Å². The zero-order valence-electron chi connectivity index (χ0n) is 21.3. The molecule has 5 heteroatoms. The number of thioether (sulfide) groups is 1. The van der Waals surface area contributed by atoms with Gasteiger partial charge < -0.3 is 19.3 Å². The van der Waals surface area contributed by atoms with Crippen molar-refractivity contribution < 1.29 is 19.3 Å². The van der Waals surface area contributed by atoms with E-state index in [0.29, 0.717) is 19.8 Å². The van der Waals surface area contributed by atoms with Crippen LogP contribution in [0, 0.1) is 0 Å². The van der Waals surface area contributed by atoms with Crippen LogP contribution in [0.25, 0.3) is 0 Å². The lowest BCUT2D eigenvalue weighted by atomic mass is 10.1. The molecule has 0 saturated heterocycles. The maximum Gasteiger partial charge on any atom is 0.116 e. The van der Waals surface area contributed by atoms with E-state index in [0.717, 1.165) is 21.6 Å². The van der Waals surface area contributed by atoms with Crippen molar-refractivity contribution in [2.75, 3.05) is 6.61 Å². The van der Waals surface area contributed by atoms with Gasteiger partial charge >= 0.3 is 0 Å². The van der Waals surface area contributed by atoms with E-state index >= 15 is 0 Å². The molecule has 0 unspecified atom stereocenters. The molecule has 0 bridgehead atoms. The van der Waals surface area contributed by atoms with Crippen molar-refractivity contribution >= 4 is 11.8 Å². The van der Waals surface area contributed by atoms with Crippen LogP contribution in [0.4, 0.5) is 0 Å². The first-order chi connectivity index (χ1) is 18.8. The van der Waals surface area contributed by atoms with Crippen LogP contribution in [0.3, 0.4) is 0 Å². The minimum atomic E-state index is -0.894. The molecule has 0 heterocycles. The van der Waals surface area contributed by atoms with Gasteiger partial charge in [0.2, 0.25) is 0 Å². The molecule has 0 saturated carbocycles. The Morgan fingerprint density at radius 1 is 0.605 bits per heavy atom. The number of hydrogen-bond donors (Lipinski definition) is 1. The first-order valence-corrected chi connectivity index (χ1v) is 13.6. The van der Waals surface area contributed by atoms with Gasteiger partial charge in [-0.15, -0.1) is 0 Å². The van der Waals surface area contributed by atoms with Crippen LogP contribution in [0.5, 0.6) is 0 Å². The molecule has 0 fully saturated rings. The minimum absolute atomic E-state index is 0.124. The fraction of sp³-hybridized carbons (Fsp3) is 0.212. The van der Waals surface area contributed by atoms with Gasteiger partial charge in [-0.05, 0) is 40.3 Å². The van der Waals surface area contributed by atoms with E-state index < -0.39 is 18.3 Å². The number of rotatable bonds is 15. The van der Waals surface area contributed by atoms with E-state index in [1.54, 1.807) is 11.8 Å². The maximum absolute atomic E-state index is 11.3. The molecule has 4 rings (SSSR count). The molecule has 4 nitrogen and oxygen atoms in total. The summed E-state index contributed by atoms with van der Waals surface area (Å²) in [4.78, 5) is 1.12. The third kappa shape index (κ3) is 9.60. The van der Waals surface area contributed by atoms with Crippen molar-refractivity contribution in [2.45, 2.75) is 43.0 Å². The van der Waals surface area contributed by atoms with Gasteiger partial charge in [0.1, 0.15) is 18.3 Å². The number of aliphatic hydroxyl groups excluding tert-OH is 1. The van der Waals surface area contributed by atoms with Crippen LogP contribution in [-0.2, 0) is 34.0 Å². The second-order valence-electron chi connectivity index (χ2n) is 8.85. The van der Waals surface area contributed by atoms with Gasteiger partial charge in [0.15, 0.2) is 0 Å². The molecule has 196 valence electrons. The molecular weight excluding hydrogens is 492 g/mol. The summed E-state index contributed by atoms with van der Waals surface area (Å²) in [6.45, 7) is 1.29. The van der Waals surface area contributed by atoms with Gasteiger partial charge in [0, 0.05) is 4.90 Å². The zero-order chi connectivity index (χ0) is 26.3. The fourth-order valence-electron chi connectivity index (χ4n) is 3.88. The van der Waals surface area contributed by atoms with Crippen LogP contribution in [0.2, 0.25) is 0 Å². The van der Waals surface area contributed by atoms with Gasteiger partial charge in [-0.3, -0.25) is 0 Å². The lowest BCUT2D eigenvalue weighted by Crippen LogP contribution is -2.42. The Hall–Kier alpha value is -3.19. The summed E-state index contributed by atoms with van der Waals surface area (Å²) in [7, 11) is 0. The highest BCUT2D eigenvalue weighted by atomic mass is 32.2. The lowest BCUT2D eigenvalue weighted by Gasteiger charge is -2.29. The number of hydrogen-bond acceptors (Lipinski definition) is 5. The highest BCUT2D eigenvalue weighted by molar-refractivity contribution is 8.02. The van der Waals surface area contributed by atoms with Gasteiger partial charge in [0.25, 0.3) is 0 Å². The zero-order valence-corrected chi connectivity index (χ0v) is 22.2. The van der Waals surface area contributed by atoms with Crippen molar-refractivity contribution in [1.82, 2.24) is 0 Å². The van der Waals surface area contributed by atoms with E-state index in [1.807, 2.05) is 121 Å². The van der Waals surface area contributed by atoms with Crippen LogP contribution in [0.15, 0.2) is 138 Å². The molecule has 0 aliphatic heterocycles. The number of ether oxygens (including phenoxy) is 3. The fourth-order valence-corrected chi connectivity index (χ4v) is 4.58. The molecule has 3 atom stereocenters. The Morgan fingerprint density at radius 3 is 1.63 bits per heavy atom. The van der Waals surface area contributed by atoms with E-state index in [-0.39, 0.29) is 6.61 Å². The summed E-state index contributed by atoms with van der Waals surface area (Å²) < 4.78 is 18.6. The lowest BCUT2D eigenvalue weighted by molar-refractivity contribution is -0.133. The molecule has 0 aromatic heterocycles. The summed E-state index contributed by atoms with van der Waals surface area (Å²) >= 11 is 1.60. The largest absolute Gasteiger partial charge is 0.388 e. The Kier molecular flexibility index (Phi) is 11.7.